The first-order valence-corrected chi connectivity index (χ1v) is 13.7. The van der Waals surface area contributed by atoms with E-state index < -0.39 is 18.2 Å². The molecule has 9 heteroatoms. The second-order valence-corrected chi connectivity index (χ2v) is 10.9. The minimum absolute atomic E-state index is 0.0854. The predicted molar refractivity (Wildman–Crippen MR) is 142 cm³/mol. The van der Waals surface area contributed by atoms with Gasteiger partial charge in [-0.25, -0.2) is 0 Å². The molecule has 204 valence electrons. The van der Waals surface area contributed by atoms with Crippen LogP contribution in [0.4, 0.5) is 0 Å². The van der Waals surface area contributed by atoms with Crippen LogP contribution < -0.4 is 15.4 Å². The summed E-state index contributed by atoms with van der Waals surface area (Å²) in [6, 6.07) is 9.01. The molecule has 9 nitrogen and oxygen atoms in total. The van der Waals surface area contributed by atoms with Crippen molar-refractivity contribution in [2.24, 2.45) is 0 Å². The number of pyridine rings is 1. The van der Waals surface area contributed by atoms with Gasteiger partial charge in [-0.1, -0.05) is 19.9 Å². The highest BCUT2D eigenvalue weighted by Gasteiger charge is 2.39. The third kappa shape index (κ3) is 6.17. The number of likely N-dealkylation sites (tertiary alicyclic amines) is 1. The normalized spacial score (nSPS) is 28.8. The number of hydrogen-bond acceptors (Lipinski definition) is 7. The van der Waals surface area contributed by atoms with Gasteiger partial charge in [-0.15, -0.1) is 0 Å². The van der Waals surface area contributed by atoms with Crippen molar-refractivity contribution in [2.45, 2.75) is 82.4 Å². The average Bonchev–Trinajstić information content (AvgIpc) is 3.30. The third-order valence-corrected chi connectivity index (χ3v) is 7.85. The van der Waals surface area contributed by atoms with Gasteiger partial charge in [-0.3, -0.25) is 19.5 Å². The second-order valence-electron chi connectivity index (χ2n) is 10.9. The van der Waals surface area contributed by atoms with Crippen LogP contribution in [0.2, 0.25) is 0 Å². The molecule has 3 N–H and O–H groups in total. The minimum Gasteiger partial charge on any atom is -0.493 e. The zero-order valence-corrected chi connectivity index (χ0v) is 22.1. The van der Waals surface area contributed by atoms with Gasteiger partial charge in [0.1, 0.15) is 11.9 Å². The van der Waals surface area contributed by atoms with Crippen molar-refractivity contribution >= 4 is 11.8 Å². The maximum Gasteiger partial charge on any atom is 0.255 e. The molecule has 2 saturated heterocycles. The summed E-state index contributed by atoms with van der Waals surface area (Å²) in [4.78, 5) is 33.0. The van der Waals surface area contributed by atoms with E-state index in [0.29, 0.717) is 56.2 Å². The second kappa shape index (κ2) is 11.8. The van der Waals surface area contributed by atoms with E-state index in [2.05, 4.69) is 34.4 Å². The van der Waals surface area contributed by atoms with E-state index in [9.17, 15) is 14.7 Å². The van der Waals surface area contributed by atoms with Crippen molar-refractivity contribution in [3.63, 3.8) is 0 Å². The molecule has 4 heterocycles. The zero-order valence-electron chi connectivity index (χ0n) is 22.1. The molecule has 5 atom stereocenters. The molecular formula is C29H38N4O5. The Morgan fingerprint density at radius 2 is 1.95 bits per heavy atom. The number of nitrogens with zero attached hydrogens (tertiary/aromatic N) is 2. The molecule has 2 fully saturated rings. The standard InChI is InChI=1S/C29H38N4O5/c1-18(2)20-3-5-23-26(13-20)37-12-9-22-4-6-25(34)27(38-22)15-31-29(36)24-14-21(32-28(23)35)17-33(24)16-19-7-10-30-11-8-19/h3,5,7-8,10-11,13,18,21-22,24-25,27,34H,4,6,9,12,14-17H2,1-2H3,(H,31,36)(H,32,35)/t21-,22-,24-,25-,27+/m0/s1. The van der Waals surface area contributed by atoms with Crippen LogP contribution in [0.25, 0.3) is 0 Å². The molecule has 0 spiro atoms. The Bertz CT molecular complexity index is 1130. The van der Waals surface area contributed by atoms with E-state index in [0.717, 1.165) is 17.5 Å². The number of benzene rings is 1. The molecule has 3 aliphatic rings. The van der Waals surface area contributed by atoms with Crippen LogP contribution in [-0.4, -0.2) is 76.9 Å². The molecule has 2 amide bonds. The largest absolute Gasteiger partial charge is 0.493 e. The summed E-state index contributed by atoms with van der Waals surface area (Å²) in [5.74, 6) is 0.543. The van der Waals surface area contributed by atoms with Gasteiger partial charge in [0, 0.05) is 44.5 Å². The number of aliphatic hydroxyl groups excluding tert-OH is 1. The number of carbonyl (C=O) groups is 2. The monoisotopic (exact) mass is 522 g/mol. The first kappa shape index (κ1) is 26.6. The predicted octanol–water partition coefficient (Wildman–Crippen LogP) is 2.39. The fraction of sp³-hybridized carbons (Fsp3) is 0.552. The summed E-state index contributed by atoms with van der Waals surface area (Å²) in [5.41, 5.74) is 2.64. The van der Waals surface area contributed by atoms with Gasteiger partial charge >= 0.3 is 0 Å². The van der Waals surface area contributed by atoms with Gasteiger partial charge in [-0.05, 0) is 60.6 Å². The van der Waals surface area contributed by atoms with Crippen molar-refractivity contribution in [3.05, 3.63) is 59.4 Å². The number of amides is 2. The van der Waals surface area contributed by atoms with Crippen molar-refractivity contribution in [2.75, 3.05) is 19.7 Å². The highest BCUT2D eigenvalue weighted by atomic mass is 16.5. The number of nitrogens with one attached hydrogen (secondary N) is 2. The molecule has 0 aliphatic carbocycles. The van der Waals surface area contributed by atoms with Crippen molar-refractivity contribution < 1.29 is 24.2 Å². The maximum absolute atomic E-state index is 13.5. The average molecular weight is 523 g/mol. The molecule has 1 aromatic carbocycles. The Morgan fingerprint density at radius 1 is 1.13 bits per heavy atom. The molecule has 0 unspecified atom stereocenters. The lowest BCUT2D eigenvalue weighted by Crippen LogP contribution is -2.50. The van der Waals surface area contributed by atoms with Crippen LogP contribution in [-0.2, 0) is 16.1 Å². The van der Waals surface area contributed by atoms with E-state index >= 15 is 0 Å². The molecule has 3 aliphatic heterocycles. The van der Waals surface area contributed by atoms with Crippen LogP contribution in [0, 0.1) is 0 Å². The highest BCUT2D eigenvalue weighted by Crippen LogP contribution is 2.28. The quantitative estimate of drug-likeness (QED) is 0.567. The first-order chi connectivity index (χ1) is 18.4. The minimum atomic E-state index is -0.621. The fourth-order valence-electron chi connectivity index (χ4n) is 5.61. The van der Waals surface area contributed by atoms with Gasteiger partial charge in [0.2, 0.25) is 5.91 Å². The van der Waals surface area contributed by atoms with Crippen LogP contribution in [0.1, 0.15) is 66.9 Å². The summed E-state index contributed by atoms with van der Waals surface area (Å²) in [5, 5.41) is 16.7. The Hall–Kier alpha value is -3.01. The van der Waals surface area contributed by atoms with E-state index in [-0.39, 0.29) is 30.5 Å². The third-order valence-electron chi connectivity index (χ3n) is 7.85. The van der Waals surface area contributed by atoms with Gasteiger partial charge in [0.25, 0.3) is 5.91 Å². The summed E-state index contributed by atoms with van der Waals surface area (Å²) < 4.78 is 12.4. The summed E-state index contributed by atoms with van der Waals surface area (Å²) >= 11 is 0. The Kier molecular flexibility index (Phi) is 8.26. The topological polar surface area (TPSA) is 113 Å². The van der Waals surface area contributed by atoms with Gasteiger partial charge in [0.05, 0.1) is 30.4 Å². The van der Waals surface area contributed by atoms with Gasteiger partial charge in [0.15, 0.2) is 0 Å². The van der Waals surface area contributed by atoms with Gasteiger partial charge in [-0.2, -0.15) is 0 Å². The van der Waals surface area contributed by atoms with Crippen molar-refractivity contribution in [3.8, 4) is 5.75 Å². The number of carbonyl (C=O) groups excluding carboxylic acids is 2. The number of aromatic nitrogens is 1. The van der Waals surface area contributed by atoms with Crippen LogP contribution in [0.3, 0.4) is 0 Å². The highest BCUT2D eigenvalue weighted by molar-refractivity contribution is 5.97. The molecule has 1 aromatic heterocycles. The van der Waals surface area contributed by atoms with Crippen LogP contribution in [0.15, 0.2) is 42.7 Å². The van der Waals surface area contributed by atoms with E-state index in [4.69, 9.17) is 9.47 Å². The SMILES string of the molecule is CC(C)c1ccc2c(c1)OCC[C@@H]1CC[C@H](O)[C@@H](CNC(=O)[C@@H]3C[C@@H](CN3Cc3ccncc3)NC2=O)O1. The molecule has 5 rings (SSSR count). The van der Waals surface area contributed by atoms with E-state index in [1.165, 1.54) is 0 Å². The molecule has 0 saturated carbocycles. The van der Waals surface area contributed by atoms with Crippen molar-refractivity contribution in [1.82, 2.24) is 20.5 Å². The lowest BCUT2D eigenvalue weighted by atomic mass is 9.99. The summed E-state index contributed by atoms with van der Waals surface area (Å²) in [6.07, 6.45) is 4.76. The van der Waals surface area contributed by atoms with E-state index in [1.54, 1.807) is 12.4 Å². The Morgan fingerprint density at radius 3 is 2.74 bits per heavy atom. The number of rotatable bonds is 3. The van der Waals surface area contributed by atoms with Crippen molar-refractivity contribution in [1.29, 1.82) is 0 Å². The Labute approximate surface area is 223 Å². The number of hydrogen-bond donors (Lipinski definition) is 3. The van der Waals surface area contributed by atoms with E-state index in [1.807, 2.05) is 30.3 Å². The summed E-state index contributed by atoms with van der Waals surface area (Å²) in [6.45, 7) is 5.97. The lowest BCUT2D eigenvalue weighted by Gasteiger charge is -2.34. The van der Waals surface area contributed by atoms with Crippen LogP contribution >= 0.6 is 0 Å². The Balaban J connectivity index is 1.42. The molecule has 38 heavy (non-hydrogen) atoms. The molecule has 4 bridgehead atoms. The molecule has 0 radical (unpaired) electrons. The number of ether oxygens (including phenoxy) is 2. The maximum atomic E-state index is 13.5. The zero-order chi connectivity index (χ0) is 26.6. The molecule has 2 aromatic rings. The fourth-order valence-corrected chi connectivity index (χ4v) is 5.61. The first-order valence-electron chi connectivity index (χ1n) is 13.7. The van der Waals surface area contributed by atoms with Crippen LogP contribution in [0.5, 0.6) is 5.75 Å². The smallest absolute Gasteiger partial charge is 0.255 e. The number of aliphatic hydroxyl groups is 1. The lowest BCUT2D eigenvalue weighted by molar-refractivity contribution is -0.133. The molecular weight excluding hydrogens is 484 g/mol. The number of fused-ring (bicyclic) bond motifs is 5. The summed E-state index contributed by atoms with van der Waals surface area (Å²) in [7, 11) is 0. The van der Waals surface area contributed by atoms with Gasteiger partial charge < -0.3 is 25.2 Å².